The standard InChI is InChI=1S/C13H16F2N2O2S/c1-20-10-4-2-8(3-5-10)16-13-11(14)6-9(17(18)19)7-12(13)15/h6-8,10,16H,2-5H2,1H3. The second kappa shape index (κ2) is 6.39. The Hall–Kier alpha value is -1.37. The van der Waals surface area contributed by atoms with E-state index in [0.717, 1.165) is 37.8 Å². The third-order valence-corrected chi connectivity index (χ3v) is 4.73. The summed E-state index contributed by atoms with van der Waals surface area (Å²) in [4.78, 5) is 9.72. The van der Waals surface area contributed by atoms with Crippen LogP contribution in [0.3, 0.4) is 0 Å². The lowest BCUT2D eigenvalue weighted by atomic mass is 9.94. The fourth-order valence-corrected chi connectivity index (χ4v) is 3.19. The van der Waals surface area contributed by atoms with Crippen LogP contribution in [-0.2, 0) is 0 Å². The molecule has 110 valence electrons. The Morgan fingerprint density at radius 3 is 2.25 bits per heavy atom. The van der Waals surface area contributed by atoms with Gasteiger partial charge in [-0.15, -0.1) is 0 Å². The van der Waals surface area contributed by atoms with Crippen molar-refractivity contribution in [3.8, 4) is 0 Å². The monoisotopic (exact) mass is 302 g/mol. The predicted octanol–water partition coefficient (Wildman–Crippen LogP) is 3.96. The molecule has 1 fully saturated rings. The van der Waals surface area contributed by atoms with Crippen molar-refractivity contribution in [2.24, 2.45) is 0 Å². The average molecular weight is 302 g/mol. The van der Waals surface area contributed by atoms with E-state index in [1.807, 2.05) is 11.8 Å². The SMILES string of the molecule is CSC1CCC(Nc2c(F)cc([N+](=O)[O-])cc2F)CC1. The highest BCUT2D eigenvalue weighted by Gasteiger charge is 2.23. The predicted molar refractivity (Wildman–Crippen MR) is 76.2 cm³/mol. The number of non-ortho nitro benzene ring substituents is 1. The van der Waals surface area contributed by atoms with Gasteiger partial charge in [0.25, 0.3) is 5.69 Å². The minimum absolute atomic E-state index is 0.0175. The molecule has 1 saturated carbocycles. The molecule has 0 aliphatic heterocycles. The van der Waals surface area contributed by atoms with Crippen LogP contribution in [0.25, 0.3) is 0 Å². The van der Waals surface area contributed by atoms with Gasteiger partial charge in [0.15, 0.2) is 11.6 Å². The summed E-state index contributed by atoms with van der Waals surface area (Å²) in [5.41, 5.74) is -0.833. The molecule has 0 unspecified atom stereocenters. The largest absolute Gasteiger partial charge is 0.378 e. The summed E-state index contributed by atoms with van der Waals surface area (Å²) >= 11 is 1.81. The fraction of sp³-hybridized carbons (Fsp3) is 0.538. The first kappa shape index (κ1) is 15.0. The van der Waals surface area contributed by atoms with Crippen LogP contribution in [0.1, 0.15) is 25.7 Å². The molecule has 1 aromatic carbocycles. The number of benzene rings is 1. The van der Waals surface area contributed by atoms with Gasteiger partial charge in [-0.2, -0.15) is 11.8 Å². The lowest BCUT2D eigenvalue weighted by Crippen LogP contribution is -2.27. The number of nitro groups is 1. The van der Waals surface area contributed by atoms with Crippen molar-refractivity contribution < 1.29 is 13.7 Å². The molecule has 0 spiro atoms. The van der Waals surface area contributed by atoms with Gasteiger partial charge >= 0.3 is 0 Å². The van der Waals surface area contributed by atoms with Gasteiger partial charge < -0.3 is 5.32 Å². The summed E-state index contributed by atoms with van der Waals surface area (Å²) in [6, 6.07) is 1.52. The van der Waals surface area contributed by atoms with E-state index in [1.165, 1.54) is 0 Å². The van der Waals surface area contributed by atoms with Crippen LogP contribution in [0, 0.1) is 21.7 Å². The van der Waals surface area contributed by atoms with Crippen molar-refractivity contribution in [3.05, 3.63) is 33.9 Å². The van der Waals surface area contributed by atoms with Crippen molar-refractivity contribution in [1.82, 2.24) is 0 Å². The number of thioether (sulfide) groups is 1. The second-order valence-electron chi connectivity index (χ2n) is 4.90. The second-order valence-corrected chi connectivity index (χ2v) is 6.03. The van der Waals surface area contributed by atoms with E-state index in [4.69, 9.17) is 0 Å². The van der Waals surface area contributed by atoms with E-state index in [2.05, 4.69) is 11.6 Å². The smallest absolute Gasteiger partial charge is 0.275 e. The summed E-state index contributed by atoms with van der Waals surface area (Å²) in [5, 5.41) is 14.0. The highest BCUT2D eigenvalue weighted by molar-refractivity contribution is 7.99. The molecule has 0 aromatic heterocycles. The van der Waals surface area contributed by atoms with Gasteiger partial charge in [-0.1, -0.05) is 0 Å². The maximum absolute atomic E-state index is 13.8. The zero-order valence-corrected chi connectivity index (χ0v) is 11.9. The lowest BCUT2D eigenvalue weighted by molar-refractivity contribution is -0.385. The van der Waals surface area contributed by atoms with Gasteiger partial charge in [-0.05, 0) is 31.9 Å². The van der Waals surface area contributed by atoms with E-state index in [-0.39, 0.29) is 11.7 Å². The number of hydrogen-bond donors (Lipinski definition) is 1. The van der Waals surface area contributed by atoms with Gasteiger partial charge in [0, 0.05) is 11.3 Å². The van der Waals surface area contributed by atoms with Crippen LogP contribution in [0.15, 0.2) is 12.1 Å². The molecule has 0 bridgehead atoms. The van der Waals surface area contributed by atoms with Crippen LogP contribution >= 0.6 is 11.8 Å². The average Bonchev–Trinajstić information content (AvgIpc) is 2.43. The Bertz CT molecular complexity index is 482. The number of anilines is 1. The van der Waals surface area contributed by atoms with E-state index in [1.54, 1.807) is 0 Å². The van der Waals surface area contributed by atoms with E-state index in [9.17, 15) is 18.9 Å². The van der Waals surface area contributed by atoms with Gasteiger partial charge in [0.2, 0.25) is 0 Å². The van der Waals surface area contributed by atoms with E-state index >= 15 is 0 Å². The summed E-state index contributed by atoms with van der Waals surface area (Å²) in [5.74, 6) is -1.83. The molecule has 1 aliphatic rings. The molecule has 1 aromatic rings. The summed E-state index contributed by atoms with van der Waals surface area (Å²) < 4.78 is 27.5. The molecule has 0 radical (unpaired) electrons. The first-order valence-corrected chi connectivity index (χ1v) is 7.72. The third-order valence-electron chi connectivity index (χ3n) is 3.59. The molecule has 7 heteroatoms. The van der Waals surface area contributed by atoms with Crippen LogP contribution in [0.2, 0.25) is 0 Å². The van der Waals surface area contributed by atoms with Gasteiger partial charge in [-0.3, -0.25) is 10.1 Å². The Balaban J connectivity index is 2.08. The van der Waals surface area contributed by atoms with Crippen molar-refractivity contribution in [2.75, 3.05) is 11.6 Å². The summed E-state index contributed by atoms with van der Waals surface area (Å²) in [6.07, 6.45) is 5.78. The first-order chi connectivity index (χ1) is 9.51. The molecular formula is C13H16F2N2O2S. The quantitative estimate of drug-likeness (QED) is 0.675. The highest BCUT2D eigenvalue weighted by atomic mass is 32.2. The van der Waals surface area contributed by atoms with Crippen LogP contribution in [0.4, 0.5) is 20.2 Å². The number of halogens is 2. The number of rotatable bonds is 4. The first-order valence-electron chi connectivity index (χ1n) is 6.44. The molecule has 0 heterocycles. The molecule has 0 saturated heterocycles. The normalized spacial score (nSPS) is 22.6. The molecule has 0 atom stereocenters. The Kier molecular flexibility index (Phi) is 4.80. The zero-order valence-electron chi connectivity index (χ0n) is 11.1. The minimum Gasteiger partial charge on any atom is -0.378 e. The van der Waals surface area contributed by atoms with Crippen LogP contribution in [-0.4, -0.2) is 22.5 Å². The van der Waals surface area contributed by atoms with Gasteiger partial charge in [0.05, 0.1) is 17.1 Å². The molecule has 0 amide bonds. The number of nitro benzene ring substituents is 1. The molecule has 4 nitrogen and oxygen atoms in total. The fourth-order valence-electron chi connectivity index (χ4n) is 2.45. The maximum Gasteiger partial charge on any atom is 0.275 e. The van der Waals surface area contributed by atoms with Crippen LogP contribution < -0.4 is 5.32 Å². The van der Waals surface area contributed by atoms with Crippen LogP contribution in [0.5, 0.6) is 0 Å². The van der Waals surface area contributed by atoms with Gasteiger partial charge in [0.1, 0.15) is 5.69 Å². The Morgan fingerprint density at radius 2 is 1.80 bits per heavy atom. The molecular weight excluding hydrogens is 286 g/mol. The van der Waals surface area contributed by atoms with Crippen molar-refractivity contribution >= 4 is 23.1 Å². The number of nitrogens with one attached hydrogen (secondary N) is 1. The maximum atomic E-state index is 13.8. The zero-order chi connectivity index (χ0) is 14.7. The van der Waals surface area contributed by atoms with Crippen molar-refractivity contribution in [1.29, 1.82) is 0 Å². The molecule has 1 N–H and O–H groups in total. The van der Waals surface area contributed by atoms with Crippen molar-refractivity contribution in [2.45, 2.75) is 37.0 Å². The van der Waals surface area contributed by atoms with Crippen molar-refractivity contribution in [3.63, 3.8) is 0 Å². The lowest BCUT2D eigenvalue weighted by Gasteiger charge is -2.28. The topological polar surface area (TPSA) is 55.2 Å². The Labute approximate surface area is 120 Å². The van der Waals surface area contributed by atoms with E-state index in [0.29, 0.717) is 5.25 Å². The minimum atomic E-state index is -0.913. The van der Waals surface area contributed by atoms with Gasteiger partial charge in [-0.25, -0.2) is 8.78 Å². The van der Waals surface area contributed by atoms with E-state index < -0.39 is 22.2 Å². The Morgan fingerprint density at radius 1 is 1.25 bits per heavy atom. The highest BCUT2D eigenvalue weighted by Crippen LogP contribution is 2.31. The third kappa shape index (κ3) is 3.39. The molecule has 20 heavy (non-hydrogen) atoms. The molecule has 2 rings (SSSR count). The number of hydrogen-bond acceptors (Lipinski definition) is 4. The summed E-state index contributed by atoms with van der Waals surface area (Å²) in [6.45, 7) is 0. The number of nitrogens with zero attached hydrogens (tertiary/aromatic N) is 1. The molecule has 1 aliphatic carbocycles. The summed E-state index contributed by atoms with van der Waals surface area (Å²) in [7, 11) is 0.